The largest absolute Gasteiger partial charge is 0.389 e. The van der Waals surface area contributed by atoms with E-state index in [-0.39, 0.29) is 6.10 Å². The number of hydrogen-bond donors (Lipinski definition) is 1. The van der Waals surface area contributed by atoms with Crippen LogP contribution in [0.1, 0.15) is 52.4 Å². The van der Waals surface area contributed by atoms with Gasteiger partial charge >= 0.3 is 0 Å². The molecule has 76 valence electrons. The van der Waals surface area contributed by atoms with E-state index in [0.29, 0.717) is 0 Å². The highest BCUT2D eigenvalue weighted by molar-refractivity contribution is 5.05. The van der Waals surface area contributed by atoms with Gasteiger partial charge in [0, 0.05) is 0 Å². The van der Waals surface area contributed by atoms with Gasteiger partial charge in [-0.3, -0.25) is 0 Å². The minimum absolute atomic E-state index is 0.256. The molecule has 1 saturated carbocycles. The Balaban J connectivity index is 2.44. The van der Waals surface area contributed by atoms with Gasteiger partial charge in [0.15, 0.2) is 0 Å². The molecule has 1 aliphatic rings. The first-order valence-corrected chi connectivity index (χ1v) is 5.60. The van der Waals surface area contributed by atoms with Crippen molar-refractivity contribution < 1.29 is 5.11 Å². The van der Waals surface area contributed by atoms with Gasteiger partial charge in [0.05, 0.1) is 6.10 Å². The van der Waals surface area contributed by atoms with Gasteiger partial charge in [-0.25, -0.2) is 0 Å². The summed E-state index contributed by atoms with van der Waals surface area (Å²) in [5.41, 5.74) is 1.48. The Bertz CT molecular complexity index is 170. The lowest BCUT2D eigenvalue weighted by molar-refractivity contribution is 0.242. The lowest BCUT2D eigenvalue weighted by atomic mass is 9.97. The molecule has 1 aliphatic carbocycles. The van der Waals surface area contributed by atoms with Crippen LogP contribution >= 0.6 is 0 Å². The van der Waals surface area contributed by atoms with Crippen molar-refractivity contribution in [3.8, 4) is 0 Å². The number of allylic oxidation sites excluding steroid dienone is 1. The van der Waals surface area contributed by atoms with Crippen molar-refractivity contribution in [2.75, 3.05) is 0 Å². The van der Waals surface area contributed by atoms with E-state index in [1.165, 1.54) is 44.1 Å². The predicted molar refractivity (Wildman–Crippen MR) is 56.6 cm³/mol. The summed E-state index contributed by atoms with van der Waals surface area (Å²) in [6, 6.07) is 0. The van der Waals surface area contributed by atoms with Gasteiger partial charge in [-0.1, -0.05) is 31.4 Å². The van der Waals surface area contributed by atoms with E-state index in [0.717, 1.165) is 5.92 Å². The van der Waals surface area contributed by atoms with Crippen LogP contribution in [0.15, 0.2) is 11.6 Å². The van der Waals surface area contributed by atoms with Crippen LogP contribution < -0.4 is 0 Å². The summed E-state index contributed by atoms with van der Waals surface area (Å²) in [6.07, 6.45) is 9.55. The third-order valence-electron chi connectivity index (χ3n) is 3.04. The summed E-state index contributed by atoms with van der Waals surface area (Å²) in [5.74, 6) is 0.930. The van der Waals surface area contributed by atoms with E-state index in [9.17, 15) is 5.11 Å². The Hall–Kier alpha value is -0.300. The molecule has 0 bridgehead atoms. The fourth-order valence-electron chi connectivity index (χ4n) is 2.19. The minimum Gasteiger partial charge on any atom is -0.389 e. The summed E-state index contributed by atoms with van der Waals surface area (Å²) in [7, 11) is 0. The molecule has 0 aromatic heterocycles. The Morgan fingerprint density at radius 2 is 2.23 bits per heavy atom. The van der Waals surface area contributed by atoms with E-state index in [1.54, 1.807) is 0 Å². The van der Waals surface area contributed by atoms with Gasteiger partial charge in [-0.15, -0.1) is 0 Å². The van der Waals surface area contributed by atoms with Crippen LogP contribution in [0.4, 0.5) is 0 Å². The van der Waals surface area contributed by atoms with E-state index in [4.69, 9.17) is 0 Å². The van der Waals surface area contributed by atoms with E-state index < -0.39 is 0 Å². The summed E-state index contributed by atoms with van der Waals surface area (Å²) in [6.45, 7) is 4.13. The zero-order valence-corrected chi connectivity index (χ0v) is 8.92. The lowest BCUT2D eigenvalue weighted by Crippen LogP contribution is -1.97. The van der Waals surface area contributed by atoms with E-state index in [2.05, 4.69) is 6.92 Å². The maximum Gasteiger partial charge on any atom is 0.0695 e. The van der Waals surface area contributed by atoms with Crippen molar-refractivity contribution in [1.82, 2.24) is 0 Å². The Labute approximate surface area is 81.9 Å². The Morgan fingerprint density at radius 3 is 2.85 bits per heavy atom. The maximum atomic E-state index is 9.24. The monoisotopic (exact) mass is 182 g/mol. The van der Waals surface area contributed by atoms with Crippen LogP contribution in [0.3, 0.4) is 0 Å². The average molecular weight is 182 g/mol. The van der Waals surface area contributed by atoms with E-state index >= 15 is 0 Å². The van der Waals surface area contributed by atoms with Crippen LogP contribution in [0.5, 0.6) is 0 Å². The zero-order chi connectivity index (χ0) is 9.68. The van der Waals surface area contributed by atoms with Crippen LogP contribution in [0.25, 0.3) is 0 Å². The SMILES string of the molecule is CCC1CCCC(=CC(C)O)CC1. The molecule has 1 heteroatoms. The highest BCUT2D eigenvalue weighted by atomic mass is 16.3. The van der Waals surface area contributed by atoms with E-state index in [1.807, 2.05) is 13.0 Å². The second kappa shape index (κ2) is 5.43. The highest BCUT2D eigenvalue weighted by Crippen LogP contribution is 2.28. The number of rotatable bonds is 2. The molecule has 13 heavy (non-hydrogen) atoms. The van der Waals surface area contributed by atoms with Crippen molar-refractivity contribution in [3.63, 3.8) is 0 Å². The minimum atomic E-state index is -0.256. The summed E-state index contributed by atoms with van der Waals surface area (Å²) >= 11 is 0. The molecule has 0 saturated heterocycles. The molecule has 0 radical (unpaired) electrons. The Kier molecular flexibility index (Phi) is 4.51. The summed E-state index contributed by atoms with van der Waals surface area (Å²) < 4.78 is 0. The molecule has 0 heterocycles. The first kappa shape index (κ1) is 10.8. The first-order valence-electron chi connectivity index (χ1n) is 5.60. The molecule has 0 amide bonds. The maximum absolute atomic E-state index is 9.24. The van der Waals surface area contributed by atoms with Crippen LogP contribution in [-0.2, 0) is 0 Å². The predicted octanol–water partition coefficient (Wildman–Crippen LogP) is 3.28. The summed E-state index contributed by atoms with van der Waals surface area (Å²) in [5, 5.41) is 9.24. The highest BCUT2D eigenvalue weighted by Gasteiger charge is 2.12. The standard InChI is InChI=1S/C12H22O/c1-3-11-5-4-6-12(8-7-11)9-10(2)13/h9-11,13H,3-8H2,1-2H3. The normalized spacial score (nSPS) is 30.1. The van der Waals surface area contributed by atoms with Crippen molar-refractivity contribution in [1.29, 1.82) is 0 Å². The molecule has 2 unspecified atom stereocenters. The second-order valence-corrected chi connectivity index (χ2v) is 4.27. The quantitative estimate of drug-likeness (QED) is 0.513. The molecule has 0 aliphatic heterocycles. The zero-order valence-electron chi connectivity index (χ0n) is 8.92. The molecule has 1 fully saturated rings. The van der Waals surface area contributed by atoms with Crippen LogP contribution in [-0.4, -0.2) is 11.2 Å². The van der Waals surface area contributed by atoms with Crippen molar-refractivity contribution in [2.45, 2.75) is 58.5 Å². The third kappa shape index (κ3) is 3.95. The van der Waals surface area contributed by atoms with Crippen LogP contribution in [0, 0.1) is 5.92 Å². The molecular formula is C12H22O. The van der Waals surface area contributed by atoms with Gasteiger partial charge in [-0.2, -0.15) is 0 Å². The van der Waals surface area contributed by atoms with Gasteiger partial charge in [0.25, 0.3) is 0 Å². The van der Waals surface area contributed by atoms with Gasteiger partial charge in [0.1, 0.15) is 0 Å². The smallest absolute Gasteiger partial charge is 0.0695 e. The number of hydrogen-bond acceptors (Lipinski definition) is 1. The van der Waals surface area contributed by atoms with Gasteiger partial charge in [-0.05, 0) is 38.5 Å². The lowest BCUT2D eigenvalue weighted by Gasteiger charge is -2.09. The number of aliphatic hydroxyl groups is 1. The Morgan fingerprint density at radius 1 is 1.46 bits per heavy atom. The molecule has 1 N–H and O–H groups in total. The van der Waals surface area contributed by atoms with Gasteiger partial charge in [0.2, 0.25) is 0 Å². The second-order valence-electron chi connectivity index (χ2n) is 4.27. The number of aliphatic hydroxyl groups excluding tert-OH is 1. The van der Waals surface area contributed by atoms with Gasteiger partial charge < -0.3 is 5.11 Å². The molecular weight excluding hydrogens is 160 g/mol. The fourth-order valence-corrected chi connectivity index (χ4v) is 2.19. The first-order chi connectivity index (χ1) is 6.22. The molecule has 0 aromatic carbocycles. The molecule has 0 aromatic rings. The van der Waals surface area contributed by atoms with Crippen molar-refractivity contribution in [3.05, 3.63) is 11.6 Å². The average Bonchev–Trinajstić information content (AvgIpc) is 2.29. The topological polar surface area (TPSA) is 20.2 Å². The molecule has 0 spiro atoms. The third-order valence-corrected chi connectivity index (χ3v) is 3.04. The van der Waals surface area contributed by atoms with Crippen molar-refractivity contribution in [2.24, 2.45) is 5.92 Å². The van der Waals surface area contributed by atoms with Crippen molar-refractivity contribution >= 4 is 0 Å². The van der Waals surface area contributed by atoms with Crippen LogP contribution in [0.2, 0.25) is 0 Å². The summed E-state index contributed by atoms with van der Waals surface area (Å²) in [4.78, 5) is 0. The molecule has 1 rings (SSSR count). The fraction of sp³-hybridized carbons (Fsp3) is 0.833. The molecule has 1 nitrogen and oxygen atoms in total. The molecule has 2 atom stereocenters.